The molecule has 1 rings (SSSR count). The van der Waals surface area contributed by atoms with Gasteiger partial charge in [-0.05, 0) is 12.1 Å². The molecule has 0 amide bonds. The summed E-state index contributed by atoms with van der Waals surface area (Å²) in [5.41, 5.74) is 1.58. The van der Waals surface area contributed by atoms with Crippen molar-refractivity contribution in [3.63, 3.8) is 0 Å². The Labute approximate surface area is 96.5 Å². The highest BCUT2D eigenvalue weighted by atomic mass is 127. The molecule has 1 aromatic rings. The highest BCUT2D eigenvalue weighted by Gasteiger charge is 2.09. The van der Waals surface area contributed by atoms with E-state index in [0.29, 0.717) is 5.56 Å². The van der Waals surface area contributed by atoms with Crippen LogP contribution in [0.4, 0.5) is 0 Å². The topological polar surface area (TPSA) is 35.5 Å². The molecular weight excluding hydrogens is 295 g/mol. The number of esters is 1. The van der Waals surface area contributed by atoms with Crippen LogP contribution in [0.15, 0.2) is 18.2 Å². The number of carbonyl (C=O) groups excluding carboxylic acids is 1. The van der Waals surface area contributed by atoms with E-state index in [1.165, 1.54) is 7.11 Å². The first kappa shape index (κ1) is 11.3. The second-order valence-corrected chi connectivity index (χ2v) is 3.41. The largest absolute Gasteiger partial charge is 0.496 e. The number of halogens is 1. The summed E-state index contributed by atoms with van der Waals surface area (Å²) in [5.74, 6) is 0.380. The number of hydrogen-bond acceptors (Lipinski definition) is 3. The summed E-state index contributed by atoms with van der Waals surface area (Å²) < 4.78 is 10.6. The van der Waals surface area contributed by atoms with Crippen molar-refractivity contribution in [2.45, 2.75) is 4.43 Å². The monoisotopic (exact) mass is 306 g/mol. The van der Waals surface area contributed by atoms with E-state index in [2.05, 4.69) is 27.3 Å². The molecule has 0 aliphatic rings. The summed E-state index contributed by atoms with van der Waals surface area (Å²) in [7, 11) is 2.95. The van der Waals surface area contributed by atoms with Gasteiger partial charge in [-0.3, -0.25) is 0 Å². The van der Waals surface area contributed by atoms with Gasteiger partial charge in [0.15, 0.2) is 0 Å². The average Bonchev–Trinajstić information content (AvgIpc) is 2.26. The van der Waals surface area contributed by atoms with Gasteiger partial charge in [0.1, 0.15) is 5.75 Å². The van der Waals surface area contributed by atoms with Gasteiger partial charge in [-0.1, -0.05) is 28.7 Å². The van der Waals surface area contributed by atoms with E-state index in [1.54, 1.807) is 19.2 Å². The van der Waals surface area contributed by atoms with Crippen molar-refractivity contribution in [2.75, 3.05) is 14.2 Å². The lowest BCUT2D eigenvalue weighted by atomic mass is 10.1. The molecule has 0 radical (unpaired) electrons. The van der Waals surface area contributed by atoms with E-state index >= 15 is 0 Å². The molecule has 3 nitrogen and oxygen atoms in total. The molecule has 0 fully saturated rings. The standard InChI is InChI=1S/C10H11IO3/c1-13-9-5-7(10(12)14-2)3-4-8(9)6-11/h3-5H,6H2,1-2H3. The van der Waals surface area contributed by atoms with Crippen molar-refractivity contribution in [3.8, 4) is 5.75 Å². The van der Waals surface area contributed by atoms with E-state index in [0.717, 1.165) is 15.7 Å². The van der Waals surface area contributed by atoms with Crippen molar-refractivity contribution in [2.24, 2.45) is 0 Å². The first-order valence-corrected chi connectivity index (χ1v) is 5.56. The zero-order chi connectivity index (χ0) is 10.6. The van der Waals surface area contributed by atoms with Crippen LogP contribution in [0.25, 0.3) is 0 Å². The Kier molecular flexibility index (Phi) is 4.19. The van der Waals surface area contributed by atoms with Crippen LogP contribution in [0, 0.1) is 0 Å². The van der Waals surface area contributed by atoms with Gasteiger partial charge in [-0.25, -0.2) is 4.79 Å². The number of carbonyl (C=O) groups is 1. The third-order valence-electron chi connectivity index (χ3n) is 1.85. The van der Waals surface area contributed by atoms with Crippen LogP contribution in [0.5, 0.6) is 5.75 Å². The van der Waals surface area contributed by atoms with E-state index in [-0.39, 0.29) is 5.97 Å². The molecular formula is C10H11IO3. The summed E-state index contributed by atoms with van der Waals surface area (Å²) in [6.07, 6.45) is 0. The molecule has 0 bridgehead atoms. The van der Waals surface area contributed by atoms with E-state index in [1.807, 2.05) is 6.07 Å². The fourth-order valence-corrected chi connectivity index (χ4v) is 1.73. The fourth-order valence-electron chi connectivity index (χ4n) is 1.10. The normalized spacial score (nSPS) is 9.64. The Bertz CT molecular complexity index is 336. The van der Waals surface area contributed by atoms with Gasteiger partial charge >= 0.3 is 5.97 Å². The summed E-state index contributed by atoms with van der Waals surface area (Å²) in [6.45, 7) is 0. The molecule has 0 saturated heterocycles. The first-order chi connectivity index (χ1) is 6.72. The SMILES string of the molecule is COC(=O)c1ccc(CI)c(OC)c1. The van der Waals surface area contributed by atoms with Crippen LogP contribution < -0.4 is 4.74 Å². The maximum atomic E-state index is 11.2. The first-order valence-electron chi connectivity index (χ1n) is 4.04. The van der Waals surface area contributed by atoms with Gasteiger partial charge < -0.3 is 9.47 Å². The minimum atomic E-state index is -0.344. The zero-order valence-electron chi connectivity index (χ0n) is 8.04. The van der Waals surface area contributed by atoms with Crippen molar-refractivity contribution in [3.05, 3.63) is 29.3 Å². The van der Waals surface area contributed by atoms with Crippen LogP contribution >= 0.6 is 22.6 Å². The third-order valence-corrected chi connectivity index (χ3v) is 2.67. The lowest BCUT2D eigenvalue weighted by Crippen LogP contribution is -2.02. The molecule has 1 aromatic carbocycles. The molecule has 0 unspecified atom stereocenters. The van der Waals surface area contributed by atoms with Crippen molar-refractivity contribution < 1.29 is 14.3 Å². The molecule has 76 valence electrons. The van der Waals surface area contributed by atoms with Gasteiger partial charge in [0.25, 0.3) is 0 Å². The number of benzene rings is 1. The highest BCUT2D eigenvalue weighted by molar-refractivity contribution is 14.1. The zero-order valence-corrected chi connectivity index (χ0v) is 10.2. The molecule has 0 aromatic heterocycles. The molecule has 14 heavy (non-hydrogen) atoms. The second kappa shape index (κ2) is 5.19. The Morgan fingerprint density at radius 1 is 1.43 bits per heavy atom. The van der Waals surface area contributed by atoms with Crippen LogP contribution in [-0.2, 0) is 9.16 Å². The van der Waals surface area contributed by atoms with Crippen molar-refractivity contribution >= 4 is 28.6 Å². The smallest absolute Gasteiger partial charge is 0.337 e. The summed E-state index contributed by atoms with van der Waals surface area (Å²) in [4.78, 5) is 11.2. The number of alkyl halides is 1. The van der Waals surface area contributed by atoms with Crippen molar-refractivity contribution in [1.29, 1.82) is 0 Å². The quantitative estimate of drug-likeness (QED) is 0.489. The highest BCUT2D eigenvalue weighted by Crippen LogP contribution is 2.22. The van der Waals surface area contributed by atoms with Crippen molar-refractivity contribution in [1.82, 2.24) is 0 Å². The fraction of sp³-hybridized carbons (Fsp3) is 0.300. The Hall–Kier alpha value is -0.780. The molecule has 0 aliphatic carbocycles. The van der Waals surface area contributed by atoms with E-state index in [4.69, 9.17) is 4.74 Å². The molecule has 0 aliphatic heterocycles. The van der Waals surface area contributed by atoms with Crippen LogP contribution in [-0.4, -0.2) is 20.2 Å². The maximum absolute atomic E-state index is 11.2. The minimum absolute atomic E-state index is 0.344. The van der Waals surface area contributed by atoms with Crippen LogP contribution in [0.1, 0.15) is 15.9 Å². The Balaban J connectivity index is 3.07. The van der Waals surface area contributed by atoms with Gasteiger partial charge in [0.05, 0.1) is 19.8 Å². The second-order valence-electron chi connectivity index (χ2n) is 2.65. The summed E-state index contributed by atoms with van der Waals surface area (Å²) >= 11 is 2.24. The molecule has 0 heterocycles. The molecule has 0 saturated carbocycles. The van der Waals surface area contributed by atoms with E-state index in [9.17, 15) is 4.79 Å². The van der Waals surface area contributed by atoms with Gasteiger partial charge in [0.2, 0.25) is 0 Å². The molecule has 0 spiro atoms. The Morgan fingerprint density at radius 3 is 2.64 bits per heavy atom. The van der Waals surface area contributed by atoms with Gasteiger partial charge in [0, 0.05) is 9.99 Å². The molecule has 4 heteroatoms. The number of hydrogen-bond donors (Lipinski definition) is 0. The third kappa shape index (κ3) is 2.37. The number of methoxy groups -OCH3 is 2. The Morgan fingerprint density at radius 2 is 2.14 bits per heavy atom. The minimum Gasteiger partial charge on any atom is -0.496 e. The summed E-state index contributed by atoms with van der Waals surface area (Å²) in [5, 5.41) is 0. The molecule has 0 N–H and O–H groups in total. The van der Waals surface area contributed by atoms with Gasteiger partial charge in [-0.2, -0.15) is 0 Å². The number of rotatable bonds is 3. The average molecular weight is 306 g/mol. The lowest BCUT2D eigenvalue weighted by Gasteiger charge is -2.07. The molecule has 0 atom stereocenters. The number of ether oxygens (including phenoxy) is 2. The van der Waals surface area contributed by atoms with Crippen LogP contribution in [0.2, 0.25) is 0 Å². The predicted octanol–water partition coefficient (Wildman–Crippen LogP) is 2.42. The summed E-state index contributed by atoms with van der Waals surface area (Å²) in [6, 6.07) is 5.31. The maximum Gasteiger partial charge on any atom is 0.337 e. The van der Waals surface area contributed by atoms with Crippen LogP contribution in [0.3, 0.4) is 0 Å². The lowest BCUT2D eigenvalue weighted by molar-refractivity contribution is 0.0600. The predicted molar refractivity (Wildman–Crippen MR) is 62.1 cm³/mol. The van der Waals surface area contributed by atoms with E-state index < -0.39 is 0 Å². The van der Waals surface area contributed by atoms with Gasteiger partial charge in [-0.15, -0.1) is 0 Å².